The van der Waals surface area contributed by atoms with E-state index < -0.39 is 10.0 Å². The molecule has 26 heavy (non-hydrogen) atoms. The molecule has 0 bridgehead atoms. The summed E-state index contributed by atoms with van der Waals surface area (Å²) >= 11 is 11.9. The first-order valence-corrected chi connectivity index (χ1v) is 10.7. The molecule has 1 heterocycles. The van der Waals surface area contributed by atoms with E-state index in [9.17, 15) is 8.42 Å². The average Bonchev–Trinajstić information content (AvgIpc) is 2.64. The van der Waals surface area contributed by atoms with Gasteiger partial charge in [-0.25, -0.2) is 8.42 Å². The third-order valence-corrected chi connectivity index (χ3v) is 6.58. The maximum absolute atomic E-state index is 12.6. The topological polar surface area (TPSA) is 52.6 Å². The number of hydrogen-bond acceptors (Lipinski definition) is 4. The molecule has 0 aromatic heterocycles. The summed E-state index contributed by atoms with van der Waals surface area (Å²) in [5.74, 6) is 0. The van der Waals surface area contributed by atoms with Crippen molar-refractivity contribution in [3.8, 4) is 0 Å². The van der Waals surface area contributed by atoms with E-state index in [2.05, 4.69) is 21.4 Å². The third kappa shape index (κ3) is 4.43. The number of rotatable bonds is 5. The molecule has 8 heteroatoms. The molecule has 1 N–H and O–H groups in total. The zero-order chi connectivity index (χ0) is 18.7. The molecule has 0 unspecified atom stereocenters. The van der Waals surface area contributed by atoms with Crippen molar-refractivity contribution in [1.29, 1.82) is 0 Å². The molecule has 1 saturated heterocycles. The second-order valence-corrected chi connectivity index (χ2v) is 8.64. The highest BCUT2D eigenvalue weighted by Gasteiger charge is 2.19. The largest absolute Gasteiger partial charge is 0.369 e. The summed E-state index contributed by atoms with van der Waals surface area (Å²) in [5.41, 5.74) is 1.57. The molecule has 5 nitrogen and oxygen atoms in total. The minimum Gasteiger partial charge on any atom is -0.369 e. The lowest BCUT2D eigenvalue weighted by atomic mass is 10.2. The SMILES string of the molecule is CCN1CCN(c2ccc(NS(=O)(=O)c3cc(Cl)ccc3Cl)cc2)CC1. The Kier molecular flexibility index (Phi) is 5.97. The van der Waals surface area contributed by atoms with E-state index in [0.717, 1.165) is 38.4 Å². The smallest absolute Gasteiger partial charge is 0.263 e. The number of sulfonamides is 1. The van der Waals surface area contributed by atoms with Crippen LogP contribution in [0.5, 0.6) is 0 Å². The monoisotopic (exact) mass is 413 g/mol. The van der Waals surface area contributed by atoms with E-state index in [0.29, 0.717) is 10.7 Å². The molecule has 0 saturated carbocycles. The van der Waals surface area contributed by atoms with Crippen LogP contribution in [0, 0.1) is 0 Å². The van der Waals surface area contributed by atoms with Crippen molar-refractivity contribution in [1.82, 2.24) is 4.90 Å². The van der Waals surface area contributed by atoms with E-state index in [1.807, 2.05) is 12.1 Å². The van der Waals surface area contributed by atoms with Gasteiger partial charge in [-0.1, -0.05) is 30.1 Å². The van der Waals surface area contributed by atoms with Crippen LogP contribution < -0.4 is 9.62 Å². The van der Waals surface area contributed by atoms with E-state index in [1.165, 1.54) is 12.1 Å². The first-order valence-electron chi connectivity index (χ1n) is 8.44. The first kappa shape index (κ1) is 19.3. The Morgan fingerprint density at radius 2 is 1.65 bits per heavy atom. The molecule has 1 aliphatic heterocycles. The Morgan fingerprint density at radius 1 is 1.00 bits per heavy atom. The van der Waals surface area contributed by atoms with Gasteiger partial charge >= 0.3 is 0 Å². The molecule has 2 aromatic carbocycles. The van der Waals surface area contributed by atoms with Crippen molar-refractivity contribution < 1.29 is 8.42 Å². The average molecular weight is 414 g/mol. The van der Waals surface area contributed by atoms with Crippen LogP contribution in [0.1, 0.15) is 6.92 Å². The molecule has 0 aliphatic carbocycles. The Balaban J connectivity index is 1.72. The minimum absolute atomic E-state index is 0.0357. The van der Waals surface area contributed by atoms with Gasteiger partial charge in [-0.05, 0) is 49.0 Å². The van der Waals surface area contributed by atoms with Gasteiger partial charge in [-0.3, -0.25) is 4.72 Å². The lowest BCUT2D eigenvalue weighted by molar-refractivity contribution is 0.271. The molecule has 0 spiro atoms. The Labute approximate surface area is 164 Å². The van der Waals surface area contributed by atoms with E-state index in [1.54, 1.807) is 18.2 Å². The number of anilines is 2. The summed E-state index contributed by atoms with van der Waals surface area (Å²) in [6.07, 6.45) is 0. The highest BCUT2D eigenvalue weighted by atomic mass is 35.5. The van der Waals surface area contributed by atoms with Crippen molar-refractivity contribution >= 4 is 44.6 Å². The zero-order valence-electron chi connectivity index (χ0n) is 14.5. The second-order valence-electron chi connectivity index (χ2n) is 6.15. The lowest BCUT2D eigenvalue weighted by Gasteiger charge is -2.35. The number of likely N-dealkylation sites (N-methyl/N-ethyl adjacent to an activating group) is 1. The maximum Gasteiger partial charge on any atom is 0.263 e. The molecular formula is C18H21Cl2N3O2S. The van der Waals surface area contributed by atoms with Crippen LogP contribution in [-0.4, -0.2) is 46.0 Å². The summed E-state index contributed by atoms with van der Waals surface area (Å²) in [4.78, 5) is 4.68. The fraction of sp³-hybridized carbons (Fsp3) is 0.333. The first-order chi connectivity index (χ1) is 12.4. The van der Waals surface area contributed by atoms with Gasteiger partial charge in [-0.15, -0.1) is 0 Å². The van der Waals surface area contributed by atoms with Gasteiger partial charge in [-0.2, -0.15) is 0 Å². The molecule has 3 rings (SSSR count). The van der Waals surface area contributed by atoms with E-state index >= 15 is 0 Å². The van der Waals surface area contributed by atoms with Crippen LogP contribution in [0.2, 0.25) is 10.0 Å². The van der Waals surface area contributed by atoms with E-state index in [4.69, 9.17) is 23.2 Å². The number of halogens is 2. The van der Waals surface area contributed by atoms with Crippen LogP contribution in [0.3, 0.4) is 0 Å². The van der Waals surface area contributed by atoms with E-state index in [-0.39, 0.29) is 9.92 Å². The molecule has 1 aliphatic rings. The molecule has 140 valence electrons. The molecule has 0 atom stereocenters. The third-order valence-electron chi connectivity index (χ3n) is 4.49. The fourth-order valence-electron chi connectivity index (χ4n) is 2.96. The minimum atomic E-state index is -3.80. The molecule has 0 radical (unpaired) electrons. The highest BCUT2D eigenvalue weighted by molar-refractivity contribution is 7.92. The molecule has 0 amide bonds. The summed E-state index contributed by atoms with van der Waals surface area (Å²) in [5, 5.41) is 0.448. The van der Waals surface area contributed by atoms with Crippen molar-refractivity contribution in [3.63, 3.8) is 0 Å². The van der Waals surface area contributed by atoms with Crippen molar-refractivity contribution in [2.45, 2.75) is 11.8 Å². The summed E-state index contributed by atoms with van der Waals surface area (Å²) in [7, 11) is -3.80. The standard InChI is InChI=1S/C18H21Cl2N3O2S/c1-2-22-9-11-23(12-10-22)16-6-4-15(5-7-16)21-26(24,25)18-13-14(19)3-8-17(18)20/h3-8,13,21H,2,9-12H2,1H3. The summed E-state index contributed by atoms with van der Waals surface area (Å²) in [6, 6.07) is 11.7. The van der Waals surface area contributed by atoms with Gasteiger partial charge in [0.2, 0.25) is 0 Å². The van der Waals surface area contributed by atoms with Gasteiger partial charge in [0, 0.05) is 42.6 Å². The van der Waals surface area contributed by atoms with Gasteiger partial charge in [0.1, 0.15) is 4.90 Å². The fourth-order valence-corrected chi connectivity index (χ4v) is 4.78. The Morgan fingerprint density at radius 3 is 2.27 bits per heavy atom. The second kappa shape index (κ2) is 8.05. The highest BCUT2D eigenvalue weighted by Crippen LogP contribution is 2.27. The van der Waals surface area contributed by atoms with Crippen molar-refractivity contribution in [3.05, 3.63) is 52.5 Å². The predicted molar refractivity (Wildman–Crippen MR) is 108 cm³/mol. The van der Waals surface area contributed by atoms with Crippen LogP contribution in [-0.2, 0) is 10.0 Å². The van der Waals surface area contributed by atoms with Gasteiger partial charge in [0.15, 0.2) is 0 Å². The molecule has 2 aromatic rings. The predicted octanol–water partition coefficient (Wildman–Crippen LogP) is 3.94. The number of nitrogens with zero attached hydrogens (tertiary/aromatic N) is 2. The number of nitrogens with one attached hydrogen (secondary N) is 1. The van der Waals surface area contributed by atoms with Gasteiger partial charge in [0.05, 0.1) is 5.02 Å². The summed E-state index contributed by atoms with van der Waals surface area (Å²) in [6.45, 7) is 7.26. The van der Waals surface area contributed by atoms with Gasteiger partial charge < -0.3 is 9.80 Å². The van der Waals surface area contributed by atoms with Crippen LogP contribution >= 0.6 is 23.2 Å². The van der Waals surface area contributed by atoms with Crippen LogP contribution in [0.25, 0.3) is 0 Å². The van der Waals surface area contributed by atoms with Crippen LogP contribution in [0.4, 0.5) is 11.4 Å². The van der Waals surface area contributed by atoms with Crippen molar-refractivity contribution in [2.75, 3.05) is 42.3 Å². The summed E-state index contributed by atoms with van der Waals surface area (Å²) < 4.78 is 27.7. The van der Waals surface area contributed by atoms with Crippen molar-refractivity contribution in [2.24, 2.45) is 0 Å². The Hall–Kier alpha value is -1.47. The zero-order valence-corrected chi connectivity index (χ0v) is 16.8. The number of hydrogen-bond donors (Lipinski definition) is 1. The normalized spacial score (nSPS) is 15.9. The van der Waals surface area contributed by atoms with Gasteiger partial charge in [0.25, 0.3) is 10.0 Å². The number of benzene rings is 2. The maximum atomic E-state index is 12.6. The quantitative estimate of drug-likeness (QED) is 0.806. The molecule has 1 fully saturated rings. The number of piperazine rings is 1. The van der Waals surface area contributed by atoms with Crippen LogP contribution in [0.15, 0.2) is 47.4 Å². The lowest BCUT2D eigenvalue weighted by Crippen LogP contribution is -2.46. The molecular weight excluding hydrogens is 393 g/mol. The Bertz CT molecular complexity index is 865.